The van der Waals surface area contributed by atoms with E-state index in [1.807, 2.05) is 36.4 Å². The fraction of sp³-hybridized carbons (Fsp3) is 0.364. The summed E-state index contributed by atoms with van der Waals surface area (Å²) in [5.41, 5.74) is 2.21. The molecular formula is C22H24ClN3O3. The van der Waals surface area contributed by atoms with Crippen molar-refractivity contribution in [2.24, 2.45) is 0 Å². The summed E-state index contributed by atoms with van der Waals surface area (Å²) in [5.74, 6) is 0. The molecule has 6 nitrogen and oxygen atoms in total. The van der Waals surface area contributed by atoms with Gasteiger partial charge in [-0.05, 0) is 61.2 Å². The van der Waals surface area contributed by atoms with Gasteiger partial charge in [0.2, 0.25) is 0 Å². The zero-order chi connectivity index (χ0) is 20.4. The SMILES string of the molecule is O=c1c2cc(-c3cccc(Cl)c3)ccc2ncn1C[C@@H](O)C[C@H]1NCCC[C@@H]1O. The molecule has 0 unspecified atom stereocenters. The number of aliphatic hydroxyl groups is 2. The van der Waals surface area contributed by atoms with Gasteiger partial charge in [0.25, 0.3) is 5.56 Å². The molecule has 3 aromatic rings. The molecule has 1 saturated heterocycles. The van der Waals surface area contributed by atoms with E-state index in [9.17, 15) is 15.0 Å². The summed E-state index contributed by atoms with van der Waals surface area (Å²) in [6.45, 7) is 0.965. The summed E-state index contributed by atoms with van der Waals surface area (Å²) in [5, 5.41) is 24.9. The van der Waals surface area contributed by atoms with Gasteiger partial charge in [0.15, 0.2) is 0 Å². The van der Waals surface area contributed by atoms with E-state index in [-0.39, 0.29) is 18.1 Å². The third-order valence-corrected chi connectivity index (χ3v) is 5.70. The van der Waals surface area contributed by atoms with Crippen LogP contribution in [-0.4, -0.2) is 44.6 Å². The topological polar surface area (TPSA) is 87.4 Å². The first kappa shape index (κ1) is 20.0. The van der Waals surface area contributed by atoms with Gasteiger partial charge in [-0.15, -0.1) is 0 Å². The van der Waals surface area contributed by atoms with Crippen LogP contribution in [0.3, 0.4) is 0 Å². The van der Waals surface area contributed by atoms with E-state index >= 15 is 0 Å². The number of hydrogen-bond donors (Lipinski definition) is 3. The van der Waals surface area contributed by atoms with E-state index in [2.05, 4.69) is 10.3 Å². The minimum absolute atomic E-state index is 0.133. The van der Waals surface area contributed by atoms with Gasteiger partial charge in [0, 0.05) is 11.1 Å². The Hall–Kier alpha value is -2.25. The van der Waals surface area contributed by atoms with Crippen molar-refractivity contribution in [1.82, 2.24) is 14.9 Å². The molecule has 1 aliphatic heterocycles. The fourth-order valence-electron chi connectivity index (χ4n) is 3.91. The Balaban J connectivity index is 1.58. The predicted octanol–water partition coefficient (Wildman–Crippen LogP) is 2.58. The standard InChI is InChI=1S/C22H24ClN3O3/c23-16-4-1-3-14(9-16)15-6-7-19-18(10-15)22(29)26(13-25-19)12-17(27)11-20-21(28)5-2-8-24-20/h1,3-4,6-7,9-10,13,17,20-21,24,27-28H,2,5,8,11-12H2/t17-,20+,21-/m0/s1. The van der Waals surface area contributed by atoms with Crippen molar-refractivity contribution in [2.75, 3.05) is 6.54 Å². The van der Waals surface area contributed by atoms with Crippen LogP contribution in [0.2, 0.25) is 5.02 Å². The fourth-order valence-corrected chi connectivity index (χ4v) is 4.10. The van der Waals surface area contributed by atoms with Crippen LogP contribution >= 0.6 is 11.6 Å². The summed E-state index contributed by atoms with van der Waals surface area (Å²) >= 11 is 6.09. The molecule has 7 heteroatoms. The summed E-state index contributed by atoms with van der Waals surface area (Å²) in [6.07, 6.45) is 2.29. The zero-order valence-electron chi connectivity index (χ0n) is 16.0. The average molecular weight is 414 g/mol. The van der Waals surface area contributed by atoms with Crippen molar-refractivity contribution < 1.29 is 10.2 Å². The highest BCUT2D eigenvalue weighted by Crippen LogP contribution is 2.24. The molecule has 0 saturated carbocycles. The molecule has 2 aromatic carbocycles. The first-order valence-electron chi connectivity index (χ1n) is 9.86. The van der Waals surface area contributed by atoms with Crippen molar-refractivity contribution >= 4 is 22.5 Å². The van der Waals surface area contributed by atoms with Gasteiger partial charge in [-0.2, -0.15) is 0 Å². The van der Waals surface area contributed by atoms with Gasteiger partial charge in [0.1, 0.15) is 0 Å². The maximum absolute atomic E-state index is 13.0. The van der Waals surface area contributed by atoms with Crippen LogP contribution in [0.5, 0.6) is 0 Å². The van der Waals surface area contributed by atoms with Crippen molar-refractivity contribution in [3.8, 4) is 11.1 Å². The van der Waals surface area contributed by atoms with E-state index in [1.54, 1.807) is 6.07 Å². The Bertz CT molecular complexity index is 1070. The number of benzene rings is 2. The number of nitrogens with zero attached hydrogens (tertiary/aromatic N) is 2. The molecule has 1 fully saturated rings. The molecule has 3 N–H and O–H groups in total. The lowest BCUT2D eigenvalue weighted by Crippen LogP contribution is -2.47. The summed E-state index contributed by atoms with van der Waals surface area (Å²) < 4.78 is 1.43. The first-order valence-corrected chi connectivity index (χ1v) is 10.2. The third-order valence-electron chi connectivity index (χ3n) is 5.46. The minimum atomic E-state index is -0.756. The molecule has 0 amide bonds. The number of hydrogen-bond acceptors (Lipinski definition) is 5. The molecule has 2 heterocycles. The van der Waals surface area contributed by atoms with Gasteiger partial charge in [-0.25, -0.2) is 4.98 Å². The quantitative estimate of drug-likeness (QED) is 0.598. The average Bonchev–Trinajstić information content (AvgIpc) is 2.72. The smallest absolute Gasteiger partial charge is 0.261 e. The predicted molar refractivity (Wildman–Crippen MR) is 114 cm³/mol. The van der Waals surface area contributed by atoms with Crippen LogP contribution in [0.4, 0.5) is 0 Å². The van der Waals surface area contributed by atoms with Gasteiger partial charge in [-0.1, -0.05) is 29.8 Å². The summed E-state index contributed by atoms with van der Waals surface area (Å²) in [7, 11) is 0. The number of aliphatic hydroxyl groups excluding tert-OH is 2. The maximum atomic E-state index is 13.0. The Morgan fingerprint density at radius 3 is 2.86 bits per heavy atom. The Morgan fingerprint density at radius 1 is 1.24 bits per heavy atom. The van der Waals surface area contributed by atoms with Crippen LogP contribution < -0.4 is 10.9 Å². The van der Waals surface area contributed by atoms with Gasteiger partial charge in [0.05, 0.1) is 36.0 Å². The van der Waals surface area contributed by atoms with Gasteiger partial charge >= 0.3 is 0 Å². The van der Waals surface area contributed by atoms with E-state index < -0.39 is 12.2 Å². The molecule has 0 radical (unpaired) electrons. The maximum Gasteiger partial charge on any atom is 0.261 e. The second-order valence-corrected chi connectivity index (χ2v) is 8.04. The summed E-state index contributed by atoms with van der Waals surface area (Å²) in [4.78, 5) is 17.4. The second-order valence-electron chi connectivity index (χ2n) is 7.60. The van der Waals surface area contributed by atoms with E-state index in [0.717, 1.165) is 30.5 Å². The highest BCUT2D eigenvalue weighted by atomic mass is 35.5. The molecule has 4 rings (SSSR count). The van der Waals surface area contributed by atoms with E-state index in [1.165, 1.54) is 10.9 Å². The van der Waals surface area contributed by atoms with Gasteiger partial charge < -0.3 is 15.5 Å². The molecule has 3 atom stereocenters. The van der Waals surface area contributed by atoms with Crippen LogP contribution in [0.25, 0.3) is 22.0 Å². The lowest BCUT2D eigenvalue weighted by molar-refractivity contribution is 0.0539. The monoisotopic (exact) mass is 413 g/mol. The first-order chi connectivity index (χ1) is 14.0. The van der Waals surface area contributed by atoms with Crippen LogP contribution in [0.1, 0.15) is 19.3 Å². The highest BCUT2D eigenvalue weighted by molar-refractivity contribution is 6.30. The van der Waals surface area contributed by atoms with Crippen molar-refractivity contribution in [2.45, 2.75) is 44.1 Å². The largest absolute Gasteiger partial charge is 0.392 e. The van der Waals surface area contributed by atoms with Crippen LogP contribution in [0.15, 0.2) is 53.6 Å². The Morgan fingerprint density at radius 2 is 2.07 bits per heavy atom. The zero-order valence-corrected chi connectivity index (χ0v) is 16.7. The number of piperidine rings is 1. The number of nitrogens with one attached hydrogen (secondary N) is 1. The number of rotatable bonds is 5. The van der Waals surface area contributed by atoms with Crippen LogP contribution in [0, 0.1) is 0 Å². The molecule has 0 bridgehead atoms. The molecule has 1 aromatic heterocycles. The van der Waals surface area contributed by atoms with E-state index in [0.29, 0.717) is 22.3 Å². The Kier molecular flexibility index (Phi) is 5.96. The molecule has 0 aliphatic carbocycles. The molecule has 29 heavy (non-hydrogen) atoms. The van der Waals surface area contributed by atoms with Crippen LogP contribution in [-0.2, 0) is 6.54 Å². The lowest BCUT2D eigenvalue weighted by Gasteiger charge is -2.30. The van der Waals surface area contributed by atoms with Crippen molar-refractivity contribution in [3.05, 3.63) is 64.2 Å². The number of halogens is 1. The Labute approximate surface area is 173 Å². The highest BCUT2D eigenvalue weighted by Gasteiger charge is 2.25. The second kappa shape index (κ2) is 8.63. The summed E-state index contributed by atoms with van der Waals surface area (Å²) in [6, 6.07) is 12.8. The van der Waals surface area contributed by atoms with E-state index in [4.69, 9.17) is 11.6 Å². The molecular weight excluding hydrogens is 390 g/mol. The number of aromatic nitrogens is 2. The normalized spacial score (nSPS) is 20.7. The lowest BCUT2D eigenvalue weighted by atomic mass is 9.96. The molecule has 1 aliphatic rings. The van der Waals surface area contributed by atoms with Crippen molar-refractivity contribution in [1.29, 1.82) is 0 Å². The third kappa shape index (κ3) is 4.51. The molecule has 152 valence electrons. The minimum Gasteiger partial charge on any atom is -0.392 e. The van der Waals surface area contributed by atoms with Crippen molar-refractivity contribution in [3.63, 3.8) is 0 Å². The molecule has 0 spiro atoms. The van der Waals surface area contributed by atoms with Gasteiger partial charge in [-0.3, -0.25) is 9.36 Å². The number of fused-ring (bicyclic) bond motifs is 1.